The molecule has 73 heavy (non-hydrogen) atoms. The number of anilines is 3. The maximum atomic E-state index is 13.8. The summed E-state index contributed by atoms with van der Waals surface area (Å²) in [6.07, 6.45) is -1.94. The van der Waals surface area contributed by atoms with Gasteiger partial charge < -0.3 is 61.1 Å². The standard InChI is InChI=1S/C44H57N10O15P3S/c1-52(2)26-15-17-30-33(22-26)73-34-23-27(53(3)4)16-18-31(34)36(30)28-12-7-8-13-29(28)42(58)47-21-11-14-35(55)46-19-9-5-6-10-20-48-44-51-37-40(45)49-25-50-41(37)54(44)43-39(57)38(56)32(67-43)24-66-71(62,63)69-72(64,65)68-70(59,60)61/h7-8,12-13,15-18,22-23,25,32,38-39,43,45,47,56-57H,5-6,9-11,14,19-21,24H2,1-4H3,(H6,46,55,58,59,60,61,62,63,64,65)/t32-,38-,39-,43-/m1/s1. The van der Waals surface area contributed by atoms with E-state index < -0.39 is 54.6 Å². The smallest absolute Gasteiger partial charge is 0.487 e. The van der Waals surface area contributed by atoms with E-state index in [1.165, 1.54) is 4.57 Å². The number of carbonyl (C=O) groups is 2. The second-order valence-electron chi connectivity index (χ2n) is 17.4. The van der Waals surface area contributed by atoms with Gasteiger partial charge in [-0.2, -0.15) is 4.31 Å². The van der Waals surface area contributed by atoms with E-state index in [0.29, 0.717) is 44.5 Å². The van der Waals surface area contributed by atoms with Crippen LogP contribution in [-0.2, 0) is 36.4 Å². The molecule has 2 aromatic carbocycles. The van der Waals surface area contributed by atoms with Crippen molar-refractivity contribution in [1.29, 1.82) is 0 Å². The van der Waals surface area contributed by atoms with Crippen LogP contribution in [0.4, 0.5) is 17.5 Å². The lowest BCUT2D eigenvalue weighted by Gasteiger charge is -2.21. The Labute approximate surface area is 422 Å². The highest BCUT2D eigenvalue weighted by atomic mass is 32.1. The molecule has 2 amide bonds. The third-order valence-corrected chi connectivity index (χ3v) is 16.5. The normalized spacial score (nSPS) is 19.3. The molecule has 394 valence electrons. The average Bonchev–Trinajstić information content (AvgIpc) is 3.83. The van der Waals surface area contributed by atoms with Crippen molar-refractivity contribution in [3.05, 3.63) is 77.9 Å². The van der Waals surface area contributed by atoms with E-state index in [1.54, 1.807) is 11.3 Å². The van der Waals surface area contributed by atoms with Crippen LogP contribution in [0.3, 0.4) is 0 Å². The fourth-order valence-electron chi connectivity index (χ4n) is 8.12. The fourth-order valence-corrected chi connectivity index (χ4v) is 12.3. The lowest BCUT2D eigenvalue weighted by molar-refractivity contribution is -0.212. The van der Waals surface area contributed by atoms with Crippen LogP contribution < -0.4 is 41.4 Å². The predicted molar refractivity (Wildman–Crippen MR) is 270 cm³/mol. The molecule has 0 radical (unpaired) electrons. The molecule has 7 atom stereocenters. The molecule has 4 heterocycles. The molecule has 0 saturated carbocycles. The number of nitrogens with one attached hydrogen (secondary N) is 3. The van der Waals surface area contributed by atoms with Crippen molar-refractivity contribution in [3.63, 3.8) is 0 Å². The summed E-state index contributed by atoms with van der Waals surface area (Å²) in [5, 5.41) is 33.0. The van der Waals surface area contributed by atoms with Crippen LogP contribution >= 0.6 is 34.8 Å². The van der Waals surface area contributed by atoms with Crippen LogP contribution in [0.5, 0.6) is 0 Å². The molecule has 1 fully saturated rings. The van der Waals surface area contributed by atoms with E-state index in [-0.39, 0.29) is 41.2 Å². The molecule has 29 heteroatoms. The van der Waals surface area contributed by atoms with Crippen molar-refractivity contribution in [2.24, 2.45) is 0 Å². The Hall–Kier alpha value is -5.27. The summed E-state index contributed by atoms with van der Waals surface area (Å²) in [5.74, 6) is -0.277. The first-order valence-corrected chi connectivity index (χ1v) is 28.2. The molecule has 0 spiro atoms. The van der Waals surface area contributed by atoms with Crippen LogP contribution in [0.15, 0.2) is 67.0 Å². The SMILES string of the molecule is CN(C)c1ccc2c(-c3ccccc3C(=O)NCCCC(=O)NCCCCCCNc3nc4c(N)ncnc4n3[C@@H]3O[C@H](COP(=O)(O)OP(=O)(O)OP(=O)([O-])O)[C@@H](O)[C@H]3O)c3ccc(=[N+](C)C)cc-3sc2c1. The number of hydrogen-bond donors (Lipinski definition) is 9. The maximum absolute atomic E-state index is 13.8. The van der Waals surface area contributed by atoms with Crippen LogP contribution in [0.2, 0.25) is 0 Å². The largest absolute Gasteiger partial charge is 0.756 e. The number of hydrogen-bond acceptors (Lipinski definition) is 19. The zero-order chi connectivity index (χ0) is 52.8. The van der Waals surface area contributed by atoms with E-state index >= 15 is 0 Å². The van der Waals surface area contributed by atoms with E-state index in [4.69, 9.17) is 15.4 Å². The molecule has 2 aliphatic heterocycles. The summed E-state index contributed by atoms with van der Waals surface area (Å²) in [6, 6.07) is 20.3. The summed E-state index contributed by atoms with van der Waals surface area (Å²) in [4.78, 5) is 81.0. The number of aliphatic hydroxyl groups is 2. The third-order valence-electron chi connectivity index (χ3n) is 11.6. The van der Waals surface area contributed by atoms with Crippen molar-refractivity contribution in [2.45, 2.75) is 63.1 Å². The number of amides is 2. The Kier molecular flexibility index (Phi) is 17.9. The van der Waals surface area contributed by atoms with Crippen LogP contribution in [0.1, 0.15) is 55.1 Å². The van der Waals surface area contributed by atoms with Gasteiger partial charge in [0.1, 0.15) is 38.7 Å². The minimum Gasteiger partial charge on any atom is -0.756 e. The molecule has 7 rings (SSSR count). The van der Waals surface area contributed by atoms with Gasteiger partial charge in [0.05, 0.1) is 6.61 Å². The molecule has 3 aliphatic rings. The second kappa shape index (κ2) is 23.5. The molecule has 1 saturated heterocycles. The Bertz CT molecular complexity index is 3170. The van der Waals surface area contributed by atoms with E-state index in [0.717, 1.165) is 61.9 Å². The number of unbranched alkanes of at least 4 members (excludes halogenated alkanes) is 3. The molecule has 25 nitrogen and oxygen atoms in total. The molecule has 10 N–H and O–H groups in total. The first-order chi connectivity index (χ1) is 34.5. The minimum atomic E-state index is -5.88. The molecule has 0 bridgehead atoms. The highest BCUT2D eigenvalue weighted by Crippen LogP contribution is 2.65. The summed E-state index contributed by atoms with van der Waals surface area (Å²) >= 11 is 1.72. The van der Waals surface area contributed by atoms with Crippen molar-refractivity contribution in [2.75, 3.05) is 70.4 Å². The quantitative estimate of drug-likeness (QED) is 0.0193. The lowest BCUT2D eigenvalue weighted by atomic mass is 9.91. The number of phosphoric ester groups is 1. The highest BCUT2D eigenvalue weighted by molar-refractivity contribution is 7.66. The van der Waals surface area contributed by atoms with Crippen molar-refractivity contribution >= 4 is 85.3 Å². The summed E-state index contributed by atoms with van der Waals surface area (Å²) < 4.78 is 56.8. The number of ether oxygens (including phenoxy) is 1. The highest BCUT2D eigenvalue weighted by Gasteiger charge is 2.47. The second-order valence-corrected chi connectivity index (χ2v) is 22.8. The van der Waals surface area contributed by atoms with Gasteiger partial charge in [-0.3, -0.25) is 23.2 Å². The Morgan fingerprint density at radius 1 is 0.890 bits per heavy atom. The summed E-state index contributed by atoms with van der Waals surface area (Å²) in [7, 11) is -9.31. The van der Waals surface area contributed by atoms with Gasteiger partial charge in [0.25, 0.3) is 13.7 Å². The molecular formula is C44H57N10O15P3S. The van der Waals surface area contributed by atoms with Crippen LogP contribution in [0.25, 0.3) is 42.8 Å². The number of aliphatic hydroxyl groups excluding tert-OH is 2. The number of rotatable bonds is 23. The monoisotopic (exact) mass is 1090 g/mol. The Balaban J connectivity index is 0.865. The number of benzene rings is 3. The Morgan fingerprint density at radius 2 is 1.62 bits per heavy atom. The summed E-state index contributed by atoms with van der Waals surface area (Å²) in [6.45, 7) is 0.0634. The van der Waals surface area contributed by atoms with Crippen LogP contribution in [-0.4, -0.2) is 129 Å². The average molecular weight is 1090 g/mol. The predicted octanol–water partition coefficient (Wildman–Crippen LogP) is 3.12. The van der Waals surface area contributed by atoms with Crippen molar-refractivity contribution in [3.8, 4) is 21.6 Å². The van der Waals surface area contributed by atoms with Gasteiger partial charge in [0.2, 0.25) is 17.2 Å². The van der Waals surface area contributed by atoms with Gasteiger partial charge in [0.15, 0.2) is 23.2 Å². The first-order valence-electron chi connectivity index (χ1n) is 22.9. The number of fused-ring (bicyclic) bond motifs is 3. The summed E-state index contributed by atoms with van der Waals surface area (Å²) in [5.41, 5.74) is 10.7. The third kappa shape index (κ3) is 13.9. The number of aromatic nitrogens is 4. The van der Waals surface area contributed by atoms with Gasteiger partial charge in [-0.15, -0.1) is 11.3 Å². The number of nitrogens with zero attached hydrogens (tertiary/aromatic N) is 6. The Morgan fingerprint density at radius 3 is 2.34 bits per heavy atom. The number of nitrogen functional groups attached to an aromatic ring is 1. The lowest BCUT2D eigenvalue weighted by Crippen LogP contribution is -2.33. The van der Waals surface area contributed by atoms with Crippen LogP contribution in [0, 0.1) is 0 Å². The topological polar surface area (TPSA) is 358 Å². The zero-order valence-corrected chi connectivity index (χ0v) is 43.6. The van der Waals surface area contributed by atoms with Gasteiger partial charge in [-0.05, 0) is 54.7 Å². The molecule has 4 aromatic rings. The van der Waals surface area contributed by atoms with Gasteiger partial charge in [-0.1, -0.05) is 37.1 Å². The van der Waals surface area contributed by atoms with Crippen molar-refractivity contribution in [1.82, 2.24) is 34.7 Å². The van der Waals surface area contributed by atoms with E-state index in [2.05, 4.69) is 89.9 Å². The number of phosphoric acid groups is 3. The molecule has 1 aliphatic carbocycles. The zero-order valence-electron chi connectivity index (χ0n) is 40.1. The first kappa shape index (κ1) is 55.5. The van der Waals surface area contributed by atoms with Crippen molar-refractivity contribution < 1.29 is 71.0 Å². The number of nitrogens with two attached hydrogens (primary N) is 1. The molecular weight excluding hydrogens is 1030 g/mol. The maximum Gasteiger partial charge on any atom is 0.487 e. The van der Waals surface area contributed by atoms with Gasteiger partial charge in [0, 0.05) is 84.1 Å². The fraction of sp³-hybridized carbons (Fsp3) is 0.409. The van der Waals surface area contributed by atoms with E-state index in [1.807, 2.05) is 52.5 Å². The number of carbonyl (C=O) groups excluding carboxylic acids is 2. The van der Waals surface area contributed by atoms with E-state index in [9.17, 15) is 48.2 Å². The van der Waals surface area contributed by atoms with Gasteiger partial charge >= 0.3 is 15.6 Å². The minimum absolute atomic E-state index is 0.0167. The van der Waals surface area contributed by atoms with Gasteiger partial charge in [-0.25, -0.2) is 33.0 Å². The molecule has 3 unspecified atom stereocenters. The number of imidazole rings is 1. The molecule has 2 aromatic heterocycles.